The van der Waals surface area contributed by atoms with Crippen molar-refractivity contribution in [2.75, 3.05) is 46.3 Å². The minimum atomic E-state index is -0.145. The number of H-pyrrole nitrogens is 1. The van der Waals surface area contributed by atoms with E-state index in [4.69, 9.17) is 10.7 Å². The van der Waals surface area contributed by atoms with Crippen molar-refractivity contribution < 1.29 is 0 Å². The zero-order chi connectivity index (χ0) is 26.6. The van der Waals surface area contributed by atoms with Gasteiger partial charge in [-0.2, -0.15) is 4.99 Å². The lowest BCUT2D eigenvalue weighted by atomic mass is 9.89. The molecule has 1 aromatic rings. The van der Waals surface area contributed by atoms with E-state index in [0.717, 1.165) is 75.1 Å². The van der Waals surface area contributed by atoms with Crippen LogP contribution in [0, 0.1) is 11.8 Å². The summed E-state index contributed by atoms with van der Waals surface area (Å²) in [6.45, 7) is 17.4. The predicted molar refractivity (Wildman–Crippen MR) is 156 cm³/mol. The second-order valence-corrected chi connectivity index (χ2v) is 11.2. The van der Waals surface area contributed by atoms with Gasteiger partial charge in [-0.25, -0.2) is 4.98 Å². The summed E-state index contributed by atoms with van der Waals surface area (Å²) in [5.41, 5.74) is 9.12. The van der Waals surface area contributed by atoms with Crippen molar-refractivity contribution >= 4 is 11.8 Å². The van der Waals surface area contributed by atoms with Crippen molar-refractivity contribution in [1.82, 2.24) is 30.4 Å². The quantitative estimate of drug-likeness (QED) is 0.215. The van der Waals surface area contributed by atoms with Gasteiger partial charge in [-0.3, -0.25) is 4.90 Å². The third-order valence-electron chi connectivity index (χ3n) is 8.38. The minimum absolute atomic E-state index is 0.145. The van der Waals surface area contributed by atoms with Crippen LogP contribution in [0.25, 0.3) is 0 Å². The third kappa shape index (κ3) is 9.11. The largest absolute Gasteiger partial charge is 0.389 e. The van der Waals surface area contributed by atoms with Crippen molar-refractivity contribution in [1.29, 1.82) is 0 Å². The molecular weight excluding hydrogens is 460 g/mol. The first-order valence-corrected chi connectivity index (χ1v) is 14.9. The summed E-state index contributed by atoms with van der Waals surface area (Å²) in [6.07, 6.45) is 12.4. The Bertz CT molecular complexity index is 826. The number of nitrogens with zero attached hydrogens (tertiary/aromatic N) is 4. The average Bonchev–Trinajstić information content (AvgIpc) is 3.38. The molecule has 8 heteroatoms. The van der Waals surface area contributed by atoms with E-state index in [1.165, 1.54) is 45.1 Å². The Labute approximate surface area is 226 Å². The summed E-state index contributed by atoms with van der Waals surface area (Å²) in [6, 6.07) is 0.115. The molecule has 8 nitrogen and oxygen atoms in total. The van der Waals surface area contributed by atoms with Crippen molar-refractivity contribution in [2.45, 2.75) is 90.6 Å². The summed E-state index contributed by atoms with van der Waals surface area (Å²) in [4.78, 5) is 18.2. The number of hydrogen-bond acceptors (Lipinski definition) is 6. The number of piperidine rings is 1. The normalized spacial score (nSPS) is 22.1. The Balaban J connectivity index is 1.72. The van der Waals surface area contributed by atoms with Crippen molar-refractivity contribution in [3.05, 3.63) is 24.2 Å². The number of aromatic amines is 1. The monoisotopic (exact) mass is 514 g/mol. The van der Waals surface area contributed by atoms with Crippen LogP contribution in [0.4, 0.5) is 5.95 Å². The van der Waals surface area contributed by atoms with Crippen LogP contribution in [0.1, 0.15) is 90.3 Å². The first-order valence-electron chi connectivity index (χ1n) is 14.9. The molecule has 0 spiro atoms. The molecule has 2 aliphatic heterocycles. The van der Waals surface area contributed by atoms with E-state index in [1.807, 2.05) is 13.2 Å². The molecule has 3 rings (SSSR count). The maximum atomic E-state index is 6.90. The van der Waals surface area contributed by atoms with Crippen LogP contribution in [-0.4, -0.2) is 78.0 Å². The van der Waals surface area contributed by atoms with Gasteiger partial charge in [-0.15, -0.1) is 0 Å². The molecule has 0 bridgehead atoms. The standard InChI is InChI=1S/C29H54N8/c1-6-8-15-36-16-18-37(19-17-36)28(25(30)20-24-12-10-14-32-23(24)4)35-29-33-21-27(34-29)26(31-5)13-9-11-22(3)7-2/h21-22,24-26,31-32H,4,6-20,30H2,1-3,5H3,(H,33,34)/b35-28+. The molecule has 2 saturated heterocycles. The van der Waals surface area contributed by atoms with Crippen molar-refractivity contribution in [2.24, 2.45) is 22.6 Å². The lowest BCUT2D eigenvalue weighted by Crippen LogP contribution is -2.53. The zero-order valence-corrected chi connectivity index (χ0v) is 24.1. The maximum Gasteiger partial charge on any atom is 0.228 e. The molecule has 2 fully saturated rings. The summed E-state index contributed by atoms with van der Waals surface area (Å²) >= 11 is 0. The van der Waals surface area contributed by atoms with Gasteiger partial charge in [-0.05, 0) is 51.6 Å². The fourth-order valence-corrected chi connectivity index (χ4v) is 5.56. The van der Waals surface area contributed by atoms with Gasteiger partial charge in [0.2, 0.25) is 5.95 Å². The molecular formula is C29H54N8. The van der Waals surface area contributed by atoms with Crippen molar-refractivity contribution in [3.8, 4) is 0 Å². The average molecular weight is 515 g/mol. The highest BCUT2D eigenvalue weighted by Gasteiger charge is 2.28. The third-order valence-corrected chi connectivity index (χ3v) is 8.38. The number of amidine groups is 1. The van der Waals surface area contributed by atoms with E-state index in [-0.39, 0.29) is 12.1 Å². The molecule has 0 radical (unpaired) electrons. The summed E-state index contributed by atoms with van der Waals surface area (Å²) in [5, 5.41) is 6.91. The molecule has 37 heavy (non-hydrogen) atoms. The number of piperazine rings is 1. The number of imidazole rings is 1. The first-order chi connectivity index (χ1) is 17.9. The van der Waals surface area contributed by atoms with Gasteiger partial charge in [0, 0.05) is 50.4 Å². The molecule has 0 aliphatic carbocycles. The lowest BCUT2D eigenvalue weighted by Gasteiger charge is -2.38. The van der Waals surface area contributed by atoms with Gasteiger partial charge < -0.3 is 26.3 Å². The van der Waals surface area contributed by atoms with E-state index >= 15 is 0 Å². The van der Waals surface area contributed by atoms with E-state index < -0.39 is 0 Å². The van der Waals surface area contributed by atoms with Crippen LogP contribution < -0.4 is 16.4 Å². The van der Waals surface area contributed by atoms with Gasteiger partial charge in [0.25, 0.3) is 0 Å². The summed E-state index contributed by atoms with van der Waals surface area (Å²) in [7, 11) is 2.03. The maximum absolute atomic E-state index is 6.90. The fourth-order valence-electron chi connectivity index (χ4n) is 5.56. The number of hydrogen-bond donors (Lipinski definition) is 4. The molecule has 210 valence electrons. The second kappa shape index (κ2) is 15.5. The van der Waals surface area contributed by atoms with Crippen LogP contribution in [0.5, 0.6) is 0 Å². The fraction of sp³-hybridized carbons (Fsp3) is 0.793. The highest BCUT2D eigenvalue weighted by atomic mass is 15.3. The number of allylic oxidation sites excluding steroid dienone is 1. The molecule has 0 amide bonds. The first kappa shape index (κ1) is 29.7. The number of aliphatic imine (C=N–C) groups is 1. The molecule has 1 aromatic heterocycles. The predicted octanol–water partition coefficient (Wildman–Crippen LogP) is 4.57. The van der Waals surface area contributed by atoms with Crippen LogP contribution in [0.15, 0.2) is 23.5 Å². The molecule has 5 N–H and O–H groups in total. The van der Waals surface area contributed by atoms with Crippen LogP contribution in [0.3, 0.4) is 0 Å². The van der Waals surface area contributed by atoms with Gasteiger partial charge in [0.05, 0.1) is 17.9 Å². The van der Waals surface area contributed by atoms with Crippen LogP contribution >= 0.6 is 0 Å². The molecule has 0 aromatic carbocycles. The summed E-state index contributed by atoms with van der Waals surface area (Å²) in [5.74, 6) is 2.80. The zero-order valence-electron chi connectivity index (χ0n) is 24.1. The van der Waals surface area contributed by atoms with E-state index in [0.29, 0.717) is 11.9 Å². The van der Waals surface area contributed by atoms with E-state index in [1.54, 1.807) is 0 Å². The number of rotatable bonds is 14. The second-order valence-electron chi connectivity index (χ2n) is 11.2. The Morgan fingerprint density at radius 1 is 1.24 bits per heavy atom. The molecule has 0 saturated carbocycles. The highest BCUT2D eigenvalue weighted by Crippen LogP contribution is 2.26. The van der Waals surface area contributed by atoms with Gasteiger partial charge in [0.1, 0.15) is 5.84 Å². The van der Waals surface area contributed by atoms with Crippen molar-refractivity contribution in [3.63, 3.8) is 0 Å². The van der Waals surface area contributed by atoms with E-state index in [2.05, 4.69) is 57.8 Å². The van der Waals surface area contributed by atoms with Crippen LogP contribution in [-0.2, 0) is 0 Å². The van der Waals surface area contributed by atoms with E-state index in [9.17, 15) is 0 Å². The molecule has 4 atom stereocenters. The Morgan fingerprint density at radius 2 is 2.03 bits per heavy atom. The minimum Gasteiger partial charge on any atom is -0.389 e. The van der Waals surface area contributed by atoms with Crippen LogP contribution in [0.2, 0.25) is 0 Å². The summed E-state index contributed by atoms with van der Waals surface area (Å²) < 4.78 is 0. The smallest absolute Gasteiger partial charge is 0.228 e. The van der Waals surface area contributed by atoms with Gasteiger partial charge in [0.15, 0.2) is 0 Å². The number of unbranched alkanes of at least 4 members (excludes halogenated alkanes) is 1. The van der Waals surface area contributed by atoms with Gasteiger partial charge >= 0.3 is 0 Å². The molecule has 4 unspecified atom stereocenters. The number of nitrogens with two attached hydrogens (primary N) is 1. The molecule has 3 heterocycles. The number of nitrogens with one attached hydrogen (secondary N) is 3. The van der Waals surface area contributed by atoms with Gasteiger partial charge in [-0.1, -0.05) is 53.0 Å². The topological polar surface area (TPSA) is 97.6 Å². The molecule has 2 aliphatic rings. The Morgan fingerprint density at radius 3 is 2.70 bits per heavy atom. The SMILES string of the molecule is C=C1NCCCC1CC(N)/C(=N\c1ncc(C(CCCC(C)CC)NC)[nH]1)N1CCN(CCCC)CC1. The Hall–Kier alpha value is -1.90. The number of aromatic nitrogens is 2. The highest BCUT2D eigenvalue weighted by molar-refractivity contribution is 5.89. The lowest BCUT2D eigenvalue weighted by molar-refractivity contribution is 0.177. The Kier molecular flexibility index (Phi) is 12.4.